The Morgan fingerprint density at radius 1 is 1.17 bits per heavy atom. The molecule has 1 aromatic carbocycles. The van der Waals surface area contributed by atoms with Crippen LogP contribution in [0.15, 0.2) is 35.4 Å². The maximum Gasteiger partial charge on any atom is 0.277 e. The van der Waals surface area contributed by atoms with Crippen LogP contribution in [0.5, 0.6) is 0 Å². The topological polar surface area (TPSA) is 51.8 Å². The Labute approximate surface area is 140 Å². The third-order valence-electron chi connectivity index (χ3n) is 4.66. The summed E-state index contributed by atoms with van der Waals surface area (Å²) in [6.07, 6.45) is 1.78. The molecule has 0 N–H and O–H groups in total. The minimum atomic E-state index is 0.0319. The van der Waals surface area contributed by atoms with Crippen LogP contribution < -0.4 is 5.56 Å². The van der Waals surface area contributed by atoms with Crippen molar-refractivity contribution < 1.29 is 4.74 Å². The van der Waals surface area contributed by atoms with Crippen molar-refractivity contribution >= 4 is 16.6 Å². The largest absolute Gasteiger partial charge is 0.379 e. The van der Waals surface area contributed by atoms with Crippen LogP contribution in [-0.4, -0.2) is 45.2 Å². The molecule has 1 aliphatic heterocycles. The van der Waals surface area contributed by atoms with Gasteiger partial charge in [-0.05, 0) is 26.0 Å². The first kappa shape index (κ1) is 15.4. The number of morpholine rings is 1. The molecule has 0 aliphatic carbocycles. The molecule has 0 spiro atoms. The second-order valence-electron chi connectivity index (χ2n) is 6.56. The molecule has 24 heavy (non-hydrogen) atoms. The van der Waals surface area contributed by atoms with Gasteiger partial charge >= 0.3 is 0 Å². The molecule has 3 heterocycles. The van der Waals surface area contributed by atoms with Gasteiger partial charge in [0.25, 0.3) is 5.56 Å². The molecule has 3 aromatic rings. The van der Waals surface area contributed by atoms with Crippen LogP contribution in [0, 0.1) is 0 Å². The van der Waals surface area contributed by atoms with Gasteiger partial charge in [0.05, 0.1) is 29.9 Å². The molecule has 0 amide bonds. The Hall–Kier alpha value is -2.18. The van der Waals surface area contributed by atoms with Crippen molar-refractivity contribution in [2.24, 2.45) is 0 Å². The average Bonchev–Trinajstić information content (AvgIpc) is 3.00. The quantitative estimate of drug-likeness (QED) is 0.739. The predicted molar refractivity (Wildman–Crippen MR) is 93.4 cm³/mol. The Kier molecular flexibility index (Phi) is 3.86. The first-order valence-electron chi connectivity index (χ1n) is 8.46. The summed E-state index contributed by atoms with van der Waals surface area (Å²) in [5, 5.41) is 0. The Balaban J connectivity index is 1.93. The molecule has 6 nitrogen and oxygen atoms in total. The zero-order chi connectivity index (χ0) is 16.7. The van der Waals surface area contributed by atoms with Crippen molar-refractivity contribution in [2.45, 2.75) is 26.4 Å². The summed E-state index contributed by atoms with van der Waals surface area (Å²) in [4.78, 5) is 20.0. The van der Waals surface area contributed by atoms with Gasteiger partial charge < -0.3 is 9.30 Å². The molecule has 0 bridgehead atoms. The van der Waals surface area contributed by atoms with Gasteiger partial charge in [0, 0.05) is 25.7 Å². The van der Waals surface area contributed by atoms with Crippen molar-refractivity contribution in [3.05, 3.63) is 46.6 Å². The van der Waals surface area contributed by atoms with Crippen LogP contribution in [0.2, 0.25) is 0 Å². The highest BCUT2D eigenvalue weighted by atomic mass is 16.5. The highest BCUT2D eigenvalue weighted by molar-refractivity contribution is 5.79. The highest BCUT2D eigenvalue weighted by Crippen LogP contribution is 2.20. The van der Waals surface area contributed by atoms with E-state index in [1.165, 1.54) is 0 Å². The Bertz CT molecular complexity index is 935. The fraction of sp³-hybridized carbons (Fsp3) is 0.444. The van der Waals surface area contributed by atoms with Gasteiger partial charge in [0.2, 0.25) is 0 Å². The molecular weight excluding hydrogens is 304 g/mol. The third-order valence-corrected chi connectivity index (χ3v) is 4.66. The van der Waals surface area contributed by atoms with Crippen LogP contribution in [0.3, 0.4) is 0 Å². The van der Waals surface area contributed by atoms with Crippen LogP contribution >= 0.6 is 0 Å². The minimum Gasteiger partial charge on any atom is -0.379 e. The second-order valence-corrected chi connectivity index (χ2v) is 6.56. The summed E-state index contributed by atoms with van der Waals surface area (Å²) in [6.45, 7) is 8.02. The van der Waals surface area contributed by atoms with Gasteiger partial charge in [-0.2, -0.15) is 0 Å². The summed E-state index contributed by atoms with van der Waals surface area (Å²) in [5.74, 6) is 0. The lowest BCUT2D eigenvalue weighted by atomic mass is 10.2. The molecule has 6 heteroatoms. The second kappa shape index (κ2) is 6.03. The van der Waals surface area contributed by atoms with Gasteiger partial charge in [-0.1, -0.05) is 12.1 Å². The van der Waals surface area contributed by atoms with Crippen LogP contribution in [0.25, 0.3) is 16.6 Å². The maximum atomic E-state index is 13.2. The van der Waals surface area contributed by atoms with Gasteiger partial charge in [0.1, 0.15) is 11.8 Å². The van der Waals surface area contributed by atoms with Crippen LogP contribution in [0.1, 0.15) is 25.6 Å². The number of benzene rings is 1. The van der Waals surface area contributed by atoms with E-state index >= 15 is 0 Å². The molecule has 126 valence electrons. The number of fused-ring (bicyclic) bond motifs is 3. The summed E-state index contributed by atoms with van der Waals surface area (Å²) in [6, 6.07) is 8.11. The van der Waals surface area contributed by atoms with E-state index in [1.54, 1.807) is 6.33 Å². The molecular formula is C18H22N4O2. The zero-order valence-corrected chi connectivity index (χ0v) is 14.1. The van der Waals surface area contributed by atoms with Gasteiger partial charge in [-0.3, -0.25) is 14.1 Å². The number of imidazole rings is 1. The van der Waals surface area contributed by atoms with Crippen LogP contribution in [-0.2, 0) is 11.3 Å². The highest BCUT2D eigenvalue weighted by Gasteiger charge is 2.19. The standard InChI is InChI=1S/C18H22N4O2/c1-13(2)22-16-6-4-3-5-15(16)21-12-19-14(17(21)18(22)23)11-20-7-9-24-10-8-20/h3-6,12-13H,7-11H2,1-2H3. The summed E-state index contributed by atoms with van der Waals surface area (Å²) in [7, 11) is 0. The van der Waals surface area contributed by atoms with E-state index in [-0.39, 0.29) is 11.6 Å². The van der Waals surface area contributed by atoms with Crippen molar-refractivity contribution in [1.82, 2.24) is 18.9 Å². The first-order valence-corrected chi connectivity index (χ1v) is 8.46. The average molecular weight is 326 g/mol. The molecule has 0 radical (unpaired) electrons. The monoisotopic (exact) mass is 326 g/mol. The molecule has 1 aliphatic rings. The van der Waals surface area contributed by atoms with Crippen LogP contribution in [0.4, 0.5) is 0 Å². The lowest BCUT2D eigenvalue weighted by Gasteiger charge is -2.25. The lowest BCUT2D eigenvalue weighted by molar-refractivity contribution is 0.0339. The molecule has 0 unspecified atom stereocenters. The first-order chi connectivity index (χ1) is 11.7. The van der Waals surface area contributed by atoms with E-state index in [2.05, 4.69) is 9.88 Å². The van der Waals surface area contributed by atoms with E-state index in [0.29, 0.717) is 12.1 Å². The van der Waals surface area contributed by atoms with E-state index < -0.39 is 0 Å². The van der Waals surface area contributed by atoms with E-state index in [9.17, 15) is 4.79 Å². The normalized spacial score (nSPS) is 16.5. The van der Waals surface area contributed by atoms with Crippen molar-refractivity contribution in [3.63, 3.8) is 0 Å². The number of hydrogen-bond acceptors (Lipinski definition) is 4. The van der Waals surface area contributed by atoms with Gasteiger partial charge in [-0.25, -0.2) is 4.98 Å². The van der Waals surface area contributed by atoms with Gasteiger partial charge in [-0.15, -0.1) is 0 Å². The maximum absolute atomic E-state index is 13.2. The number of rotatable bonds is 3. The van der Waals surface area contributed by atoms with Gasteiger partial charge in [0.15, 0.2) is 0 Å². The van der Waals surface area contributed by atoms with E-state index in [0.717, 1.165) is 43.0 Å². The lowest BCUT2D eigenvalue weighted by Crippen LogP contribution is -2.36. The SMILES string of the molecule is CC(C)n1c(=O)c2c(CN3CCOCC3)ncn2c2ccccc21. The molecule has 0 atom stereocenters. The van der Waals surface area contributed by atoms with E-state index in [4.69, 9.17) is 4.74 Å². The smallest absolute Gasteiger partial charge is 0.277 e. The van der Waals surface area contributed by atoms with E-state index in [1.807, 2.05) is 47.1 Å². The zero-order valence-electron chi connectivity index (χ0n) is 14.1. The minimum absolute atomic E-state index is 0.0319. The van der Waals surface area contributed by atoms with Crippen molar-refractivity contribution in [2.75, 3.05) is 26.3 Å². The molecule has 4 rings (SSSR count). The Morgan fingerprint density at radius 2 is 1.88 bits per heavy atom. The molecule has 1 saturated heterocycles. The molecule has 1 fully saturated rings. The predicted octanol–water partition coefficient (Wildman–Crippen LogP) is 2.06. The fourth-order valence-electron chi connectivity index (χ4n) is 3.49. The molecule has 0 saturated carbocycles. The van der Waals surface area contributed by atoms with Crippen molar-refractivity contribution in [1.29, 1.82) is 0 Å². The number of hydrogen-bond donors (Lipinski definition) is 0. The summed E-state index contributed by atoms with van der Waals surface area (Å²) in [5.41, 5.74) is 3.53. The number of nitrogens with zero attached hydrogens (tertiary/aromatic N) is 4. The molecule has 2 aromatic heterocycles. The Morgan fingerprint density at radius 3 is 2.58 bits per heavy atom. The fourth-order valence-corrected chi connectivity index (χ4v) is 3.49. The third kappa shape index (κ3) is 2.42. The summed E-state index contributed by atoms with van der Waals surface area (Å²) >= 11 is 0. The van der Waals surface area contributed by atoms with Crippen molar-refractivity contribution in [3.8, 4) is 0 Å². The summed E-state index contributed by atoms with van der Waals surface area (Å²) < 4.78 is 9.21. The number of ether oxygens (including phenoxy) is 1. The number of para-hydroxylation sites is 2. The number of aromatic nitrogens is 3.